The van der Waals surface area contributed by atoms with Gasteiger partial charge in [-0.25, -0.2) is 18.4 Å². The van der Waals surface area contributed by atoms with E-state index in [9.17, 15) is 8.42 Å². The fourth-order valence-corrected chi connectivity index (χ4v) is 1.75. The monoisotopic (exact) mass is 263 g/mol. The SMILES string of the molecule is Cc1nc(Cl)c(NCCS(C)(=O)=O)nc1C. The van der Waals surface area contributed by atoms with E-state index in [-0.39, 0.29) is 17.5 Å². The highest BCUT2D eigenvalue weighted by Gasteiger charge is 2.07. The summed E-state index contributed by atoms with van der Waals surface area (Å²) in [5, 5.41) is 3.11. The molecule has 0 unspecified atom stereocenters. The molecule has 0 amide bonds. The zero-order valence-electron chi connectivity index (χ0n) is 9.41. The summed E-state index contributed by atoms with van der Waals surface area (Å²) in [7, 11) is -2.98. The molecular formula is C9H14ClN3O2S. The van der Waals surface area contributed by atoms with E-state index >= 15 is 0 Å². The molecule has 1 N–H and O–H groups in total. The molecule has 0 atom stereocenters. The minimum atomic E-state index is -2.98. The van der Waals surface area contributed by atoms with Gasteiger partial charge in [0.2, 0.25) is 0 Å². The van der Waals surface area contributed by atoms with Crippen LogP contribution in [0, 0.1) is 13.8 Å². The largest absolute Gasteiger partial charge is 0.366 e. The molecule has 0 fully saturated rings. The van der Waals surface area contributed by atoms with Crippen LogP contribution in [0.2, 0.25) is 5.15 Å². The smallest absolute Gasteiger partial charge is 0.171 e. The third-order valence-electron chi connectivity index (χ3n) is 2.03. The summed E-state index contributed by atoms with van der Waals surface area (Å²) in [5.41, 5.74) is 1.53. The molecule has 16 heavy (non-hydrogen) atoms. The Kier molecular flexibility index (Phi) is 4.09. The number of sulfone groups is 1. The van der Waals surface area contributed by atoms with Crippen LogP contribution in [0.4, 0.5) is 5.82 Å². The molecule has 1 aromatic rings. The minimum absolute atomic E-state index is 0.0396. The molecular weight excluding hydrogens is 250 g/mol. The van der Waals surface area contributed by atoms with Gasteiger partial charge in [0.1, 0.15) is 9.84 Å². The summed E-state index contributed by atoms with van der Waals surface area (Å²) in [6.07, 6.45) is 1.18. The fraction of sp³-hybridized carbons (Fsp3) is 0.556. The van der Waals surface area contributed by atoms with Crippen molar-refractivity contribution in [2.75, 3.05) is 23.9 Å². The molecule has 0 aromatic carbocycles. The molecule has 90 valence electrons. The van der Waals surface area contributed by atoms with Crippen LogP contribution in [0.5, 0.6) is 0 Å². The van der Waals surface area contributed by atoms with Crippen molar-refractivity contribution in [2.45, 2.75) is 13.8 Å². The maximum absolute atomic E-state index is 10.9. The predicted molar refractivity (Wildman–Crippen MR) is 64.7 cm³/mol. The summed E-state index contributed by atoms with van der Waals surface area (Å²) >= 11 is 5.87. The first-order valence-electron chi connectivity index (χ1n) is 4.72. The topological polar surface area (TPSA) is 72.0 Å². The Hall–Kier alpha value is -0.880. The van der Waals surface area contributed by atoms with Crippen LogP contribution in [0.3, 0.4) is 0 Å². The van der Waals surface area contributed by atoms with Crippen LogP contribution >= 0.6 is 11.6 Å². The number of hydrogen-bond donors (Lipinski definition) is 1. The van der Waals surface area contributed by atoms with E-state index in [2.05, 4.69) is 15.3 Å². The number of nitrogens with one attached hydrogen (secondary N) is 1. The van der Waals surface area contributed by atoms with Crippen LogP contribution in [0.15, 0.2) is 0 Å². The van der Waals surface area contributed by atoms with Gasteiger partial charge in [0, 0.05) is 12.8 Å². The third-order valence-corrected chi connectivity index (χ3v) is 3.24. The maximum Gasteiger partial charge on any atom is 0.171 e. The summed E-state index contributed by atoms with van der Waals surface area (Å²) in [6.45, 7) is 3.91. The first kappa shape index (κ1) is 13.2. The zero-order chi connectivity index (χ0) is 12.3. The van der Waals surface area contributed by atoms with Gasteiger partial charge in [0.15, 0.2) is 11.0 Å². The van der Waals surface area contributed by atoms with Gasteiger partial charge in [-0.1, -0.05) is 11.6 Å². The molecule has 0 aliphatic carbocycles. The van der Waals surface area contributed by atoms with E-state index in [0.717, 1.165) is 11.4 Å². The molecule has 1 heterocycles. The highest BCUT2D eigenvalue weighted by Crippen LogP contribution is 2.17. The number of aryl methyl sites for hydroxylation is 2. The molecule has 0 bridgehead atoms. The van der Waals surface area contributed by atoms with Crippen molar-refractivity contribution in [1.29, 1.82) is 0 Å². The normalized spacial score (nSPS) is 11.5. The minimum Gasteiger partial charge on any atom is -0.366 e. The molecule has 1 aromatic heterocycles. The lowest BCUT2D eigenvalue weighted by Gasteiger charge is -2.08. The van der Waals surface area contributed by atoms with Crippen LogP contribution < -0.4 is 5.32 Å². The Morgan fingerprint density at radius 1 is 1.25 bits per heavy atom. The first-order chi connectivity index (χ1) is 7.29. The van der Waals surface area contributed by atoms with E-state index < -0.39 is 9.84 Å². The molecule has 0 aliphatic heterocycles. The van der Waals surface area contributed by atoms with E-state index in [1.54, 1.807) is 0 Å². The summed E-state index contributed by atoms with van der Waals surface area (Å²) in [6, 6.07) is 0. The second kappa shape index (κ2) is 4.97. The average Bonchev–Trinajstić information content (AvgIpc) is 2.11. The second-order valence-corrected chi connectivity index (χ2v) is 6.21. The molecule has 0 radical (unpaired) electrons. The molecule has 0 saturated heterocycles. The predicted octanol–water partition coefficient (Wildman–Crippen LogP) is 1.20. The van der Waals surface area contributed by atoms with Gasteiger partial charge in [-0.05, 0) is 13.8 Å². The fourth-order valence-electron chi connectivity index (χ4n) is 1.04. The number of anilines is 1. The first-order valence-corrected chi connectivity index (χ1v) is 7.16. The van der Waals surface area contributed by atoms with Gasteiger partial charge < -0.3 is 5.32 Å². The van der Waals surface area contributed by atoms with Crippen molar-refractivity contribution in [1.82, 2.24) is 9.97 Å². The average molecular weight is 264 g/mol. The van der Waals surface area contributed by atoms with Crippen LogP contribution in [0.25, 0.3) is 0 Å². The Morgan fingerprint density at radius 2 is 1.81 bits per heavy atom. The van der Waals surface area contributed by atoms with Crippen molar-refractivity contribution in [3.63, 3.8) is 0 Å². The molecule has 0 aliphatic rings. The Morgan fingerprint density at radius 3 is 2.38 bits per heavy atom. The van der Waals surface area contributed by atoms with E-state index in [1.807, 2.05) is 13.8 Å². The zero-order valence-corrected chi connectivity index (χ0v) is 11.0. The number of nitrogens with zero attached hydrogens (tertiary/aromatic N) is 2. The number of rotatable bonds is 4. The van der Waals surface area contributed by atoms with E-state index in [0.29, 0.717) is 5.82 Å². The molecule has 0 spiro atoms. The Labute approximate surface area is 100 Å². The molecule has 5 nitrogen and oxygen atoms in total. The van der Waals surface area contributed by atoms with Gasteiger partial charge in [0.05, 0.1) is 17.1 Å². The van der Waals surface area contributed by atoms with Gasteiger partial charge >= 0.3 is 0 Å². The number of aromatic nitrogens is 2. The maximum atomic E-state index is 10.9. The van der Waals surface area contributed by atoms with Crippen molar-refractivity contribution in [2.24, 2.45) is 0 Å². The lowest BCUT2D eigenvalue weighted by atomic mass is 10.3. The van der Waals surface area contributed by atoms with Crippen LogP contribution in [-0.4, -0.2) is 36.9 Å². The molecule has 0 saturated carbocycles. The Bertz CT molecular complexity index is 488. The summed E-state index contributed by atoms with van der Waals surface area (Å²) in [4.78, 5) is 8.27. The lowest BCUT2D eigenvalue weighted by molar-refractivity contribution is 0.602. The molecule has 7 heteroatoms. The summed E-state index contributed by atoms with van der Waals surface area (Å²) < 4.78 is 21.8. The van der Waals surface area contributed by atoms with Crippen molar-refractivity contribution in [3.8, 4) is 0 Å². The van der Waals surface area contributed by atoms with Crippen LogP contribution in [0.1, 0.15) is 11.4 Å². The van der Waals surface area contributed by atoms with Gasteiger partial charge in [-0.15, -0.1) is 0 Å². The quantitative estimate of drug-likeness (QED) is 0.884. The van der Waals surface area contributed by atoms with Gasteiger partial charge in [0.25, 0.3) is 0 Å². The second-order valence-electron chi connectivity index (χ2n) is 3.59. The molecule has 1 rings (SSSR count). The van der Waals surface area contributed by atoms with Crippen molar-refractivity contribution >= 4 is 27.3 Å². The standard InChI is InChI=1S/C9H14ClN3O2S/c1-6-7(2)13-9(8(10)12-6)11-4-5-16(3,14)15/h4-5H2,1-3H3,(H,11,13). The number of halogens is 1. The summed E-state index contributed by atoms with van der Waals surface area (Å²) in [5.74, 6) is 0.464. The van der Waals surface area contributed by atoms with E-state index in [4.69, 9.17) is 11.6 Å². The van der Waals surface area contributed by atoms with Crippen molar-refractivity contribution in [3.05, 3.63) is 16.5 Å². The third kappa shape index (κ3) is 3.94. The highest BCUT2D eigenvalue weighted by atomic mass is 35.5. The highest BCUT2D eigenvalue weighted by molar-refractivity contribution is 7.90. The van der Waals surface area contributed by atoms with Crippen molar-refractivity contribution < 1.29 is 8.42 Å². The van der Waals surface area contributed by atoms with Gasteiger partial charge in [-0.3, -0.25) is 0 Å². The van der Waals surface area contributed by atoms with Crippen LogP contribution in [-0.2, 0) is 9.84 Å². The number of hydrogen-bond acceptors (Lipinski definition) is 5. The van der Waals surface area contributed by atoms with Gasteiger partial charge in [-0.2, -0.15) is 0 Å². The lowest BCUT2D eigenvalue weighted by Crippen LogP contribution is -2.15. The Balaban J connectivity index is 2.71. The van der Waals surface area contributed by atoms with E-state index in [1.165, 1.54) is 6.26 Å².